The van der Waals surface area contributed by atoms with Gasteiger partial charge in [0.05, 0.1) is 22.1 Å². The highest BCUT2D eigenvalue weighted by atomic mass is 16.5. The molecule has 0 saturated heterocycles. The van der Waals surface area contributed by atoms with Crippen molar-refractivity contribution in [1.82, 2.24) is 29.1 Å². The number of aromatic nitrogens is 2. The van der Waals surface area contributed by atoms with Crippen molar-refractivity contribution in [3.8, 4) is 34.0 Å². The number of hydrogen-bond donors (Lipinski definition) is 2. The molecular formula is C38H44B2N6O8. The Balaban J connectivity index is 2.01. The number of nitrogens with zero attached hydrogens (tertiary/aromatic N) is 5. The van der Waals surface area contributed by atoms with E-state index >= 15 is 0 Å². The smallest absolute Gasteiger partial charge is 0.487 e. The van der Waals surface area contributed by atoms with Crippen molar-refractivity contribution >= 4 is 66.1 Å². The number of fused-ring (bicyclic) bond motifs is 9. The molecule has 2 aliphatic rings. The fourth-order valence-electron chi connectivity index (χ4n) is 7.37. The molecule has 4 heterocycles. The Hall–Kier alpha value is -5.76. The van der Waals surface area contributed by atoms with Crippen molar-refractivity contribution in [2.24, 2.45) is 0 Å². The summed E-state index contributed by atoms with van der Waals surface area (Å²) in [4.78, 5) is 72.8. The number of amides is 5. The van der Waals surface area contributed by atoms with E-state index in [0.717, 1.165) is 4.90 Å². The molecule has 4 aromatic rings. The van der Waals surface area contributed by atoms with Gasteiger partial charge in [-0.2, -0.15) is 0 Å². The zero-order chi connectivity index (χ0) is 39.0. The Morgan fingerprint density at radius 2 is 1.28 bits per heavy atom. The predicted molar refractivity (Wildman–Crippen MR) is 206 cm³/mol. The van der Waals surface area contributed by atoms with Crippen LogP contribution in [0.5, 0.6) is 11.5 Å². The lowest BCUT2D eigenvalue weighted by Gasteiger charge is -2.29. The number of aldehydes is 1. The minimum absolute atomic E-state index is 0.0206. The first-order valence-electron chi connectivity index (χ1n) is 18.4. The highest BCUT2D eigenvalue weighted by molar-refractivity contribution is 6.56. The third-order valence-corrected chi connectivity index (χ3v) is 9.99. The van der Waals surface area contributed by atoms with Crippen molar-refractivity contribution in [3.63, 3.8) is 0 Å². The maximum absolute atomic E-state index is 14.7. The van der Waals surface area contributed by atoms with Crippen molar-refractivity contribution in [1.29, 1.82) is 0 Å². The second kappa shape index (κ2) is 15.3. The van der Waals surface area contributed by atoms with E-state index in [1.165, 1.54) is 4.90 Å². The summed E-state index contributed by atoms with van der Waals surface area (Å²) in [5, 5.41) is 15.2. The van der Waals surface area contributed by atoms with Gasteiger partial charge in [0.2, 0.25) is 0 Å². The summed E-state index contributed by atoms with van der Waals surface area (Å²) in [7, 11) is 0.0440. The second-order valence-electron chi connectivity index (χ2n) is 13.0. The molecule has 6 rings (SSSR count). The molecule has 0 fully saturated rings. The monoisotopic (exact) mass is 734 g/mol. The van der Waals surface area contributed by atoms with Gasteiger partial charge >= 0.3 is 20.1 Å². The van der Waals surface area contributed by atoms with Crippen molar-refractivity contribution in [2.45, 2.75) is 54.2 Å². The number of nitrogens with one attached hydrogen (secondary N) is 1. The first kappa shape index (κ1) is 38.0. The summed E-state index contributed by atoms with van der Waals surface area (Å²) in [5.41, 5.74) is 1.46. The molecule has 16 heteroatoms. The molecule has 0 bridgehead atoms. The molecule has 0 atom stereocenters. The van der Waals surface area contributed by atoms with Crippen LogP contribution in [-0.2, 0) is 19.2 Å². The Bertz CT molecular complexity index is 2280. The molecule has 5 amide bonds. The number of hydrogen-bond acceptors (Lipinski definition) is 8. The van der Waals surface area contributed by atoms with E-state index in [0.29, 0.717) is 75.3 Å². The minimum Gasteiger partial charge on any atom is -0.540 e. The number of carbonyl (C=O) groups excluding carboxylic acids is 5. The fraction of sp³-hybridized carbons (Fsp3) is 0.342. The van der Waals surface area contributed by atoms with Gasteiger partial charge in [0, 0.05) is 55.1 Å². The molecule has 14 nitrogen and oxygen atoms in total. The van der Waals surface area contributed by atoms with Crippen LogP contribution in [0.4, 0.5) is 4.79 Å². The normalized spacial score (nSPS) is 13.7. The Morgan fingerprint density at radius 3 is 1.74 bits per heavy atom. The first-order chi connectivity index (χ1) is 26.0. The minimum atomic E-state index is -0.950. The van der Waals surface area contributed by atoms with Gasteiger partial charge in [-0.15, -0.1) is 0 Å². The topological polar surface area (TPSA) is 156 Å². The molecule has 2 aromatic heterocycles. The van der Waals surface area contributed by atoms with Gasteiger partial charge in [-0.3, -0.25) is 29.3 Å². The molecular weight excluding hydrogens is 690 g/mol. The molecule has 0 radical (unpaired) electrons. The van der Waals surface area contributed by atoms with Gasteiger partial charge in [0.1, 0.15) is 22.6 Å². The third-order valence-electron chi connectivity index (χ3n) is 9.99. The van der Waals surface area contributed by atoms with E-state index in [2.05, 4.69) is 5.32 Å². The van der Waals surface area contributed by atoms with E-state index in [1.807, 2.05) is 62.4 Å². The second-order valence-corrected chi connectivity index (χ2v) is 13.0. The summed E-state index contributed by atoms with van der Waals surface area (Å²) < 4.78 is 16.7. The number of imide groups is 1. The highest BCUT2D eigenvalue weighted by Gasteiger charge is 2.43. The van der Waals surface area contributed by atoms with Crippen LogP contribution in [-0.4, -0.2) is 106 Å². The number of urea groups is 1. The fourth-order valence-corrected chi connectivity index (χ4v) is 7.37. The number of para-hydroxylation sites is 2. The third kappa shape index (κ3) is 5.85. The van der Waals surface area contributed by atoms with E-state index < -0.39 is 37.9 Å². The molecule has 0 aliphatic carbocycles. The quantitative estimate of drug-likeness (QED) is 0.0829. The molecule has 0 unspecified atom stereocenters. The molecule has 0 saturated carbocycles. The van der Waals surface area contributed by atoms with E-state index in [4.69, 9.17) is 9.31 Å². The van der Waals surface area contributed by atoms with E-state index in [1.54, 1.807) is 43.7 Å². The first-order valence-corrected chi connectivity index (χ1v) is 18.4. The van der Waals surface area contributed by atoms with Gasteiger partial charge in [0.15, 0.2) is 6.29 Å². The summed E-state index contributed by atoms with van der Waals surface area (Å²) in [5.74, 6) is -1.48. The van der Waals surface area contributed by atoms with E-state index in [-0.39, 0.29) is 41.5 Å². The molecule has 280 valence electrons. The predicted octanol–water partition coefficient (Wildman–Crippen LogP) is 3.07. The zero-order valence-corrected chi connectivity index (χ0v) is 31.6. The number of benzene rings is 2. The highest BCUT2D eigenvalue weighted by Crippen LogP contribution is 2.44. The van der Waals surface area contributed by atoms with Gasteiger partial charge in [0.25, 0.3) is 17.7 Å². The van der Waals surface area contributed by atoms with Crippen LogP contribution < -0.4 is 25.3 Å². The average Bonchev–Trinajstić information content (AvgIpc) is 3.71. The Kier molecular flexibility index (Phi) is 10.8. The van der Waals surface area contributed by atoms with Crippen LogP contribution in [0.3, 0.4) is 0 Å². The number of hydroxylamine groups is 2. The van der Waals surface area contributed by atoms with Crippen LogP contribution in [0.1, 0.15) is 41.5 Å². The lowest BCUT2D eigenvalue weighted by molar-refractivity contribution is -0.157. The van der Waals surface area contributed by atoms with Crippen LogP contribution in [0.25, 0.3) is 44.4 Å². The maximum atomic E-state index is 14.7. The Labute approximate surface area is 313 Å². The summed E-state index contributed by atoms with van der Waals surface area (Å²) in [6, 6.07) is 14.0. The van der Waals surface area contributed by atoms with Gasteiger partial charge < -0.3 is 28.5 Å². The summed E-state index contributed by atoms with van der Waals surface area (Å²) in [6.07, 6.45) is 1.22. The van der Waals surface area contributed by atoms with E-state index in [9.17, 15) is 29.2 Å². The molecule has 0 spiro atoms. The maximum Gasteiger partial charge on any atom is 0.487 e. The van der Waals surface area contributed by atoms with Crippen LogP contribution >= 0.6 is 0 Å². The average molecular weight is 734 g/mol. The molecule has 2 aromatic carbocycles. The molecule has 2 N–H and O–H groups in total. The lowest BCUT2D eigenvalue weighted by atomic mass is 9.75. The van der Waals surface area contributed by atoms with Crippen molar-refractivity contribution in [2.75, 3.05) is 33.2 Å². The number of rotatable bonds is 10. The summed E-state index contributed by atoms with van der Waals surface area (Å²) in [6.45, 7) is 10.9. The van der Waals surface area contributed by atoms with Crippen LogP contribution in [0.15, 0.2) is 48.5 Å². The van der Waals surface area contributed by atoms with Crippen LogP contribution in [0, 0.1) is 0 Å². The Morgan fingerprint density at radius 1 is 0.759 bits per heavy atom. The number of carbonyl (C=O) groups is 5. The van der Waals surface area contributed by atoms with Crippen molar-refractivity contribution in [3.05, 3.63) is 59.2 Å². The van der Waals surface area contributed by atoms with Gasteiger partial charge in [-0.1, -0.05) is 38.1 Å². The summed E-state index contributed by atoms with van der Waals surface area (Å²) >= 11 is 0. The SMILES string of the molecule is CCNC(=O)/C(C(=O)N(O)CC)=c1/c2c3n(/c(=C(/C=O)C(=O)N(CC)C(=O)N(C)CC)c2c2n1B(CC)Oc1ccccc1-2)B(CC)Oc1ccccc1-3. The van der Waals surface area contributed by atoms with Gasteiger partial charge in [-0.25, -0.2) is 9.86 Å². The van der Waals surface area contributed by atoms with Crippen LogP contribution in [0.2, 0.25) is 12.6 Å². The largest absolute Gasteiger partial charge is 0.540 e. The standard InChI is InChI=1S/C38H44B2N6O8/c1-8-39-45-32(24-19-15-17-21-27(24)53-39)29-28(33(45)25(22-47)36(49)43(12-5)38(51)42(7)11-4)31-23-18-14-16-20-26(23)54-40(9-2)46(31)34(29)30(35(48)41-10-3)37(50)44(52)13-6/h14-22,52H,8-13H2,1-7H3,(H,41,48)/b33-25-,34-30+. The molecule has 2 aliphatic heterocycles. The van der Waals surface area contributed by atoms with Gasteiger partial charge in [-0.05, 0) is 64.6 Å². The lowest BCUT2D eigenvalue weighted by Crippen LogP contribution is -2.48. The zero-order valence-electron chi connectivity index (χ0n) is 31.6. The van der Waals surface area contributed by atoms with Crippen molar-refractivity contribution < 1.29 is 38.5 Å². The molecule has 54 heavy (non-hydrogen) atoms.